The van der Waals surface area contributed by atoms with Crippen molar-refractivity contribution in [3.05, 3.63) is 140 Å². The van der Waals surface area contributed by atoms with E-state index >= 15 is 0 Å². The fourth-order valence-corrected chi connectivity index (χ4v) is 7.17. The second kappa shape index (κ2) is 15.8. The molecule has 0 nitrogen and oxygen atoms in total. The average Bonchev–Trinajstić information content (AvgIpc) is 3.03. The minimum Gasteiger partial charge on any atom is -1.00 e. The van der Waals surface area contributed by atoms with Crippen LogP contribution in [0.25, 0.3) is 57.0 Å². The van der Waals surface area contributed by atoms with Gasteiger partial charge in [0.25, 0.3) is 0 Å². The molecule has 0 bridgehead atoms. The number of halogens is 2. The van der Waals surface area contributed by atoms with E-state index in [1.165, 1.54) is 76.5 Å². The Morgan fingerprint density at radius 1 is 0.377 bits per heavy atom. The van der Waals surface area contributed by atoms with Gasteiger partial charge in [0.2, 0.25) is 0 Å². The fourth-order valence-electron chi connectivity index (χ4n) is 7.17. The van der Waals surface area contributed by atoms with Crippen molar-refractivity contribution < 1.29 is 34.0 Å². The van der Waals surface area contributed by atoms with Crippen LogP contribution < -0.4 is 44.4 Å². The number of hydrogen-bond donors (Lipinski definition) is 0. The Morgan fingerprint density at radius 2 is 0.642 bits per heavy atom. The predicted octanol–water partition coefficient (Wildman–Crippen LogP) is 6.25. The smallest absolute Gasteiger partial charge is 1.00 e. The largest absolute Gasteiger partial charge is 2.00 e. The Bertz CT molecular complexity index is 2260. The summed E-state index contributed by atoms with van der Waals surface area (Å²) >= 11 is 0. The maximum Gasteiger partial charge on any atom is 2.00 e. The molecule has 0 atom stereocenters. The van der Waals surface area contributed by atoms with E-state index in [2.05, 4.69) is 180 Å². The van der Waals surface area contributed by atoms with E-state index < -0.39 is 0 Å². The molecule has 6 aromatic carbocycles. The van der Waals surface area contributed by atoms with Gasteiger partial charge >= 0.3 is 23.9 Å². The molecule has 2 radical (unpaired) electrons. The van der Waals surface area contributed by atoms with Crippen LogP contribution in [0, 0.1) is 10.4 Å². The van der Waals surface area contributed by atoms with Crippen LogP contribution in [-0.2, 0) is 21.7 Å². The molecule has 3 heteroatoms. The van der Waals surface area contributed by atoms with E-state index in [4.69, 9.17) is 13.2 Å². The van der Waals surface area contributed by atoms with Crippen molar-refractivity contribution in [2.45, 2.75) is 105 Å². The standard InChI is InChI=1S/C50H56.2BrH.Sn/c1-31-43(35-23-37(47(3,4)5)29-38(24-35)48(6,7)8)27-33-19-15-17-21-41(33)45(31)46-32(2)44(28-34-20-16-18-22-42(34)46)36-25-39(49(9,10)11)30-40(26-36)50(12,13)14;;;/h15-30H,1-2H2,3-14H3;2*1H;/q;;;+2/p-2. The quantitative estimate of drug-likeness (QED) is 0.181. The van der Waals surface area contributed by atoms with E-state index in [1.54, 1.807) is 0 Å². The summed E-state index contributed by atoms with van der Waals surface area (Å²) in [5, 5.41) is 9.25. The molecule has 6 rings (SSSR count). The van der Waals surface area contributed by atoms with Crippen molar-refractivity contribution in [3.63, 3.8) is 0 Å². The zero-order valence-electron chi connectivity index (χ0n) is 33.9. The van der Waals surface area contributed by atoms with Crippen molar-refractivity contribution in [2.75, 3.05) is 0 Å². The Morgan fingerprint density at radius 3 is 0.906 bits per heavy atom. The third kappa shape index (κ3) is 8.92. The summed E-state index contributed by atoms with van der Waals surface area (Å²) in [6.45, 7) is 37.5. The van der Waals surface area contributed by atoms with E-state index in [0.29, 0.717) is 0 Å². The van der Waals surface area contributed by atoms with Crippen molar-refractivity contribution in [1.82, 2.24) is 0 Å². The maximum absolute atomic E-state index is 4.92. The van der Waals surface area contributed by atoms with Crippen LogP contribution in [0.1, 0.15) is 105 Å². The molecule has 0 fully saturated rings. The molecule has 0 aromatic heterocycles. The van der Waals surface area contributed by atoms with Crippen LogP contribution in [0.2, 0.25) is 0 Å². The van der Waals surface area contributed by atoms with Crippen LogP contribution in [0.4, 0.5) is 0 Å². The van der Waals surface area contributed by atoms with E-state index in [-0.39, 0.29) is 79.5 Å². The second-order valence-corrected chi connectivity index (χ2v) is 18.6. The van der Waals surface area contributed by atoms with Gasteiger partial charge in [-0.3, -0.25) is 0 Å². The van der Waals surface area contributed by atoms with Crippen LogP contribution >= 0.6 is 0 Å². The minimum absolute atomic E-state index is 0. The fraction of sp³-hybridized carbons (Fsp3) is 0.320. The molecule has 0 N–H and O–H groups in total. The van der Waals surface area contributed by atoms with Gasteiger partial charge in [0.15, 0.2) is 0 Å². The van der Waals surface area contributed by atoms with Gasteiger partial charge in [0.1, 0.15) is 0 Å². The van der Waals surface area contributed by atoms with Crippen molar-refractivity contribution in [1.29, 1.82) is 0 Å². The Kier molecular flexibility index (Phi) is 13.4. The molecule has 0 aliphatic heterocycles. The van der Waals surface area contributed by atoms with Crippen LogP contribution in [-0.4, -0.2) is 23.9 Å². The monoisotopic (exact) mass is 934 g/mol. The third-order valence-corrected chi connectivity index (χ3v) is 10.5. The average molecular weight is 936 g/mol. The first-order valence-electron chi connectivity index (χ1n) is 18.2. The molecule has 6 aromatic rings. The molecule has 0 saturated heterocycles. The molecule has 53 heavy (non-hydrogen) atoms. The first kappa shape index (κ1) is 44.7. The molecule has 0 heterocycles. The van der Waals surface area contributed by atoms with E-state index in [1.807, 2.05) is 0 Å². The van der Waals surface area contributed by atoms with Crippen molar-refractivity contribution in [2.24, 2.45) is 0 Å². The zero-order chi connectivity index (χ0) is 36.6. The van der Waals surface area contributed by atoms with Gasteiger partial charge in [-0.05, 0) is 121 Å². The molecular weight excluding hydrogens is 879 g/mol. The summed E-state index contributed by atoms with van der Waals surface area (Å²) in [5.41, 5.74) is 10.2. The summed E-state index contributed by atoms with van der Waals surface area (Å²) in [6, 6.07) is 36.7. The molecule has 0 unspecified atom stereocenters. The van der Waals surface area contributed by atoms with Gasteiger partial charge in [0, 0.05) is 0 Å². The third-order valence-electron chi connectivity index (χ3n) is 10.5. The molecule has 0 spiro atoms. The number of fused-ring (bicyclic) bond motifs is 2. The van der Waals surface area contributed by atoms with Gasteiger partial charge in [0.05, 0.1) is 0 Å². The first-order chi connectivity index (χ1) is 23.1. The minimum atomic E-state index is 0. The Labute approximate surface area is 357 Å². The van der Waals surface area contributed by atoms with Gasteiger partial charge in [-0.1, -0.05) is 181 Å². The first-order valence-corrected chi connectivity index (χ1v) is 18.2. The Hall–Kier alpha value is -2.66. The molecule has 0 amide bonds. The van der Waals surface area contributed by atoms with Crippen LogP contribution in [0.5, 0.6) is 0 Å². The van der Waals surface area contributed by atoms with Gasteiger partial charge in [-0.15, -0.1) is 0 Å². The summed E-state index contributed by atoms with van der Waals surface area (Å²) in [5.74, 6) is 0. The van der Waals surface area contributed by atoms with E-state index in [0.717, 1.165) is 10.4 Å². The van der Waals surface area contributed by atoms with E-state index in [9.17, 15) is 0 Å². The normalized spacial score (nSPS) is 12.9. The predicted molar refractivity (Wildman–Crippen MR) is 227 cm³/mol. The molecule has 0 saturated carbocycles. The van der Waals surface area contributed by atoms with Gasteiger partial charge in [-0.25, -0.2) is 0 Å². The summed E-state index contributed by atoms with van der Waals surface area (Å²) in [7, 11) is 0. The van der Waals surface area contributed by atoms with Gasteiger partial charge in [-0.2, -0.15) is 0 Å². The SMILES string of the molecule is C=c1c(-c2cc(C(C)(C)C)cc(C(C)(C)C)c2)cc2ccccc2c1=c1c(=C)c(-c2cc(C(C)(C)C)cc(C(C)(C)C)c2)cc2ccccc12.[Br-].[Br-].[Sn+2]. The van der Waals surface area contributed by atoms with Gasteiger partial charge < -0.3 is 34.0 Å². The number of benzene rings is 6. The maximum atomic E-state index is 4.92. The van der Waals surface area contributed by atoms with Crippen LogP contribution in [0.3, 0.4) is 0 Å². The number of rotatable bonds is 2. The second-order valence-electron chi connectivity index (χ2n) is 18.6. The van der Waals surface area contributed by atoms with Crippen LogP contribution in [0.15, 0.2) is 97.1 Å². The van der Waals surface area contributed by atoms with Crippen molar-refractivity contribution >= 4 is 58.6 Å². The summed E-state index contributed by atoms with van der Waals surface area (Å²) in [4.78, 5) is 0. The molecule has 0 aliphatic carbocycles. The topological polar surface area (TPSA) is 0 Å². The summed E-state index contributed by atoms with van der Waals surface area (Å²) < 4.78 is 0. The zero-order valence-corrected chi connectivity index (χ0v) is 39.9. The summed E-state index contributed by atoms with van der Waals surface area (Å²) in [6.07, 6.45) is 0. The Balaban J connectivity index is 0.00000252. The van der Waals surface area contributed by atoms with Crippen molar-refractivity contribution in [3.8, 4) is 22.3 Å². The molecule has 0 aliphatic rings. The molecule has 274 valence electrons. The number of hydrogen-bond acceptors (Lipinski definition) is 0. The molecular formula is C50H56Br2Sn.